The topological polar surface area (TPSA) is 59.7 Å². The maximum absolute atomic E-state index is 8.72. The van der Waals surface area contributed by atoms with E-state index in [1.54, 1.807) is 0 Å². The minimum atomic E-state index is -0.00336. The Morgan fingerprint density at radius 2 is 1.89 bits per heavy atom. The molecule has 5 nitrogen and oxygen atoms in total. The maximum Gasteiger partial charge on any atom is 0.201 e. The van der Waals surface area contributed by atoms with Crippen LogP contribution in [-0.2, 0) is 0 Å². The van der Waals surface area contributed by atoms with Crippen molar-refractivity contribution in [2.45, 2.75) is 34.1 Å². The number of hydrogen-bond acceptors (Lipinski definition) is 4. The van der Waals surface area contributed by atoms with Crippen LogP contribution in [0.3, 0.4) is 0 Å². The number of rotatable bonds is 3. The fourth-order valence-electron chi connectivity index (χ4n) is 1.51. The molecule has 2 rings (SSSR count). The van der Waals surface area contributed by atoms with Gasteiger partial charge in [-0.15, -0.1) is 10.2 Å². The largest absolute Gasteiger partial charge is 0.476 e. The van der Waals surface area contributed by atoms with Crippen molar-refractivity contribution in [2.24, 2.45) is 0 Å². The molecule has 2 aromatic rings. The van der Waals surface area contributed by atoms with E-state index >= 15 is 0 Å². The predicted octanol–water partition coefficient (Wildman–Crippen LogP) is 2.13. The van der Waals surface area contributed by atoms with E-state index in [0.29, 0.717) is 5.88 Å². The first kappa shape index (κ1) is 14.4. The summed E-state index contributed by atoms with van der Waals surface area (Å²) in [6.45, 7) is 8.35. The standard InChI is InChI=1S/C10H13N3O2.C3H8/c1-7-5-9-12-11-8(2)13(9)10(6-7)15-4-3-14;1-3-2/h5-6,14H,3-4H2,1-2H3;3H2,1-2H3. The van der Waals surface area contributed by atoms with E-state index in [2.05, 4.69) is 24.0 Å². The fraction of sp³-hybridized carbons (Fsp3) is 0.538. The molecular formula is C13H21N3O2. The molecule has 5 heteroatoms. The Bertz CT molecular complexity index is 494. The van der Waals surface area contributed by atoms with Crippen LogP contribution in [0, 0.1) is 13.8 Å². The summed E-state index contributed by atoms with van der Waals surface area (Å²) in [5.74, 6) is 1.44. The number of aryl methyl sites for hydroxylation is 2. The summed E-state index contributed by atoms with van der Waals surface area (Å²) in [4.78, 5) is 0. The van der Waals surface area contributed by atoms with Gasteiger partial charge < -0.3 is 9.84 Å². The Morgan fingerprint density at radius 1 is 1.22 bits per heavy atom. The summed E-state index contributed by atoms with van der Waals surface area (Å²) in [7, 11) is 0. The molecule has 2 heterocycles. The van der Waals surface area contributed by atoms with Gasteiger partial charge in [-0.2, -0.15) is 0 Å². The highest BCUT2D eigenvalue weighted by atomic mass is 16.5. The second-order valence-electron chi connectivity index (χ2n) is 4.09. The molecule has 0 aliphatic carbocycles. The molecule has 0 spiro atoms. The molecular weight excluding hydrogens is 230 g/mol. The summed E-state index contributed by atoms with van der Waals surface area (Å²) in [6.07, 6.45) is 1.25. The summed E-state index contributed by atoms with van der Waals surface area (Å²) in [5, 5.41) is 16.7. The lowest BCUT2D eigenvalue weighted by atomic mass is 10.3. The molecule has 0 atom stereocenters. The van der Waals surface area contributed by atoms with E-state index in [1.807, 2.05) is 30.4 Å². The summed E-state index contributed by atoms with van der Waals surface area (Å²) in [5.41, 5.74) is 1.82. The van der Waals surface area contributed by atoms with Crippen molar-refractivity contribution in [1.82, 2.24) is 14.6 Å². The van der Waals surface area contributed by atoms with Gasteiger partial charge in [-0.25, -0.2) is 4.40 Å². The Kier molecular flexibility index (Phi) is 5.58. The van der Waals surface area contributed by atoms with Gasteiger partial charge in [-0.05, 0) is 25.5 Å². The molecule has 0 saturated carbocycles. The number of pyridine rings is 1. The molecule has 2 aromatic heterocycles. The first-order valence-corrected chi connectivity index (χ1v) is 6.20. The number of nitrogens with zero attached hydrogens (tertiary/aromatic N) is 3. The van der Waals surface area contributed by atoms with Crippen molar-refractivity contribution in [3.05, 3.63) is 23.5 Å². The monoisotopic (exact) mass is 251 g/mol. The molecule has 0 amide bonds. The van der Waals surface area contributed by atoms with Crippen LogP contribution in [-0.4, -0.2) is 32.9 Å². The van der Waals surface area contributed by atoms with Gasteiger partial charge in [-0.3, -0.25) is 0 Å². The van der Waals surface area contributed by atoms with Crippen LogP contribution in [0.2, 0.25) is 0 Å². The average Bonchev–Trinajstić information content (AvgIpc) is 2.69. The van der Waals surface area contributed by atoms with Crippen LogP contribution in [0.4, 0.5) is 0 Å². The minimum absolute atomic E-state index is 0.00336. The van der Waals surface area contributed by atoms with Gasteiger partial charge in [0.1, 0.15) is 12.4 Å². The quantitative estimate of drug-likeness (QED) is 0.908. The van der Waals surface area contributed by atoms with Crippen LogP contribution in [0.15, 0.2) is 12.1 Å². The van der Waals surface area contributed by atoms with Crippen molar-refractivity contribution < 1.29 is 9.84 Å². The number of aromatic nitrogens is 3. The van der Waals surface area contributed by atoms with Crippen LogP contribution < -0.4 is 4.74 Å². The molecule has 0 saturated heterocycles. The lowest BCUT2D eigenvalue weighted by molar-refractivity contribution is 0.195. The Hall–Kier alpha value is -1.62. The van der Waals surface area contributed by atoms with E-state index in [1.165, 1.54) is 6.42 Å². The zero-order valence-corrected chi connectivity index (χ0v) is 11.5. The van der Waals surface area contributed by atoms with E-state index < -0.39 is 0 Å². The maximum atomic E-state index is 8.72. The van der Waals surface area contributed by atoms with Gasteiger partial charge in [0.2, 0.25) is 5.88 Å². The molecule has 100 valence electrons. The second kappa shape index (κ2) is 6.96. The van der Waals surface area contributed by atoms with Crippen LogP contribution in [0.25, 0.3) is 5.65 Å². The van der Waals surface area contributed by atoms with Crippen molar-refractivity contribution in [2.75, 3.05) is 13.2 Å². The molecule has 18 heavy (non-hydrogen) atoms. The highest BCUT2D eigenvalue weighted by Crippen LogP contribution is 2.18. The summed E-state index contributed by atoms with van der Waals surface area (Å²) < 4.78 is 7.24. The van der Waals surface area contributed by atoms with Crippen LogP contribution >= 0.6 is 0 Å². The summed E-state index contributed by atoms with van der Waals surface area (Å²) >= 11 is 0. The average molecular weight is 251 g/mol. The lowest BCUT2D eigenvalue weighted by Crippen LogP contribution is -2.06. The normalized spacial score (nSPS) is 10.1. The highest BCUT2D eigenvalue weighted by molar-refractivity contribution is 5.45. The third-order valence-corrected chi connectivity index (χ3v) is 2.12. The summed E-state index contributed by atoms with van der Waals surface area (Å²) in [6, 6.07) is 3.84. The first-order chi connectivity index (χ1) is 8.63. The van der Waals surface area contributed by atoms with Gasteiger partial charge in [0, 0.05) is 6.07 Å². The smallest absolute Gasteiger partial charge is 0.201 e. The highest BCUT2D eigenvalue weighted by Gasteiger charge is 2.07. The predicted molar refractivity (Wildman–Crippen MR) is 71.0 cm³/mol. The second-order valence-corrected chi connectivity index (χ2v) is 4.09. The molecule has 1 N–H and O–H groups in total. The minimum Gasteiger partial charge on any atom is -0.476 e. The van der Waals surface area contributed by atoms with Gasteiger partial charge in [0.25, 0.3) is 0 Å². The van der Waals surface area contributed by atoms with Gasteiger partial charge in [0.05, 0.1) is 6.61 Å². The van der Waals surface area contributed by atoms with E-state index in [-0.39, 0.29) is 13.2 Å². The Morgan fingerprint density at radius 3 is 2.50 bits per heavy atom. The first-order valence-electron chi connectivity index (χ1n) is 6.20. The van der Waals surface area contributed by atoms with Crippen LogP contribution in [0.1, 0.15) is 31.7 Å². The van der Waals surface area contributed by atoms with Crippen molar-refractivity contribution in [1.29, 1.82) is 0 Å². The number of aliphatic hydroxyl groups excluding tert-OH is 1. The fourth-order valence-corrected chi connectivity index (χ4v) is 1.51. The van der Waals surface area contributed by atoms with Gasteiger partial charge >= 0.3 is 0 Å². The third kappa shape index (κ3) is 3.43. The third-order valence-electron chi connectivity index (χ3n) is 2.12. The van der Waals surface area contributed by atoms with E-state index in [4.69, 9.17) is 9.84 Å². The van der Waals surface area contributed by atoms with Crippen molar-refractivity contribution in [3.63, 3.8) is 0 Å². The Labute approximate surface area is 107 Å². The van der Waals surface area contributed by atoms with E-state index in [9.17, 15) is 0 Å². The molecule has 0 unspecified atom stereocenters. The number of aliphatic hydroxyl groups is 1. The van der Waals surface area contributed by atoms with Crippen molar-refractivity contribution in [3.8, 4) is 5.88 Å². The molecule has 0 aliphatic rings. The lowest BCUT2D eigenvalue weighted by Gasteiger charge is -2.08. The zero-order valence-electron chi connectivity index (χ0n) is 11.5. The number of ether oxygens (including phenoxy) is 1. The zero-order chi connectivity index (χ0) is 13.5. The molecule has 0 bridgehead atoms. The number of hydrogen-bond donors (Lipinski definition) is 1. The number of fused-ring (bicyclic) bond motifs is 1. The van der Waals surface area contributed by atoms with Crippen molar-refractivity contribution >= 4 is 5.65 Å². The molecule has 0 aliphatic heterocycles. The SMILES string of the molecule is CCC.Cc1cc(OCCO)n2c(C)nnc2c1. The van der Waals surface area contributed by atoms with Gasteiger partial charge in [-0.1, -0.05) is 20.3 Å². The molecule has 0 aromatic carbocycles. The van der Waals surface area contributed by atoms with Gasteiger partial charge in [0.15, 0.2) is 5.65 Å². The Balaban J connectivity index is 0.000000492. The molecule has 0 fully saturated rings. The molecule has 0 radical (unpaired) electrons. The van der Waals surface area contributed by atoms with Crippen LogP contribution in [0.5, 0.6) is 5.88 Å². The van der Waals surface area contributed by atoms with E-state index in [0.717, 1.165) is 17.0 Å².